The third-order valence-electron chi connectivity index (χ3n) is 4.69. The van der Waals surface area contributed by atoms with Crippen molar-refractivity contribution in [3.63, 3.8) is 0 Å². The first-order chi connectivity index (χ1) is 13.2. The number of pyridine rings is 1. The van der Waals surface area contributed by atoms with E-state index < -0.39 is 0 Å². The molecular weight excluding hydrogens is 347 g/mol. The molecule has 27 heavy (non-hydrogen) atoms. The Morgan fingerprint density at radius 2 is 1.93 bits per heavy atom. The number of carbonyl (C=O) groups is 1. The molecule has 1 saturated heterocycles. The fourth-order valence-electron chi connectivity index (χ4n) is 3.17. The number of halogens is 1. The Bertz CT molecular complexity index is 903. The van der Waals surface area contributed by atoms with Gasteiger partial charge in [0, 0.05) is 36.7 Å². The molecular formula is C19H19FN6O. The van der Waals surface area contributed by atoms with Gasteiger partial charge in [0.1, 0.15) is 11.5 Å². The molecule has 0 saturated carbocycles. The Morgan fingerprint density at radius 1 is 1.15 bits per heavy atom. The molecule has 2 amide bonds. The predicted molar refractivity (Wildman–Crippen MR) is 98.5 cm³/mol. The molecule has 0 atom stereocenters. The Balaban J connectivity index is 1.34. The first-order valence-corrected chi connectivity index (χ1v) is 8.83. The van der Waals surface area contributed by atoms with Crippen molar-refractivity contribution in [2.75, 3.05) is 18.4 Å². The normalized spacial score (nSPS) is 14.9. The van der Waals surface area contributed by atoms with Crippen molar-refractivity contribution in [1.29, 1.82) is 0 Å². The largest absolute Gasteiger partial charge is 0.324 e. The number of hydrogen-bond donors (Lipinski definition) is 1. The summed E-state index contributed by atoms with van der Waals surface area (Å²) in [5, 5.41) is 11.3. The molecule has 1 aliphatic heterocycles. The number of hydrogen-bond acceptors (Lipinski definition) is 4. The second-order valence-corrected chi connectivity index (χ2v) is 6.48. The van der Waals surface area contributed by atoms with Gasteiger partial charge in [-0.2, -0.15) is 0 Å². The minimum absolute atomic E-state index is 0.172. The monoisotopic (exact) mass is 366 g/mol. The molecule has 1 aromatic carbocycles. The second-order valence-electron chi connectivity index (χ2n) is 6.48. The molecule has 7 nitrogen and oxygen atoms in total. The lowest BCUT2D eigenvalue weighted by atomic mass is 10.1. The number of benzene rings is 1. The number of aromatic nitrogens is 4. The standard InChI is InChI=1S/C19H19FN6O/c20-15-3-5-16(6-4-15)22-19(27)25-10-7-17(8-11-25)26-13-18(23-24-26)14-2-1-9-21-12-14/h1-6,9,12-13,17H,7-8,10-11H2,(H,22,27). The molecule has 3 heterocycles. The van der Waals surface area contributed by atoms with Gasteiger partial charge >= 0.3 is 6.03 Å². The maximum absolute atomic E-state index is 13.0. The molecule has 3 aromatic rings. The summed E-state index contributed by atoms with van der Waals surface area (Å²) in [5.41, 5.74) is 2.31. The molecule has 138 valence electrons. The number of nitrogens with one attached hydrogen (secondary N) is 1. The van der Waals surface area contributed by atoms with E-state index in [0.717, 1.165) is 24.1 Å². The predicted octanol–water partition coefficient (Wildman–Crippen LogP) is 3.35. The first-order valence-electron chi connectivity index (χ1n) is 8.83. The minimum atomic E-state index is -0.327. The highest BCUT2D eigenvalue weighted by molar-refractivity contribution is 5.89. The highest BCUT2D eigenvalue weighted by Crippen LogP contribution is 2.24. The Labute approximate surface area is 155 Å². The van der Waals surface area contributed by atoms with Crippen molar-refractivity contribution in [2.45, 2.75) is 18.9 Å². The highest BCUT2D eigenvalue weighted by atomic mass is 19.1. The van der Waals surface area contributed by atoms with E-state index in [1.165, 1.54) is 12.1 Å². The van der Waals surface area contributed by atoms with Crippen molar-refractivity contribution < 1.29 is 9.18 Å². The Hall–Kier alpha value is -3.29. The number of nitrogens with zero attached hydrogens (tertiary/aromatic N) is 5. The summed E-state index contributed by atoms with van der Waals surface area (Å²) in [7, 11) is 0. The van der Waals surface area contributed by atoms with Gasteiger partial charge in [-0.15, -0.1) is 5.10 Å². The van der Waals surface area contributed by atoms with Crippen LogP contribution in [0.2, 0.25) is 0 Å². The molecule has 0 unspecified atom stereocenters. The van der Waals surface area contributed by atoms with Crippen LogP contribution >= 0.6 is 0 Å². The van der Waals surface area contributed by atoms with Crippen LogP contribution in [0.1, 0.15) is 18.9 Å². The van der Waals surface area contributed by atoms with Crippen LogP contribution < -0.4 is 5.32 Å². The van der Waals surface area contributed by atoms with Gasteiger partial charge in [0.2, 0.25) is 0 Å². The zero-order chi connectivity index (χ0) is 18.6. The van der Waals surface area contributed by atoms with Gasteiger partial charge in [-0.05, 0) is 49.2 Å². The van der Waals surface area contributed by atoms with Crippen molar-refractivity contribution in [2.24, 2.45) is 0 Å². The van der Waals surface area contributed by atoms with Crippen LogP contribution in [0.25, 0.3) is 11.3 Å². The van der Waals surface area contributed by atoms with E-state index in [1.807, 2.05) is 23.0 Å². The zero-order valence-corrected chi connectivity index (χ0v) is 14.6. The van der Waals surface area contributed by atoms with Gasteiger partial charge in [-0.1, -0.05) is 5.21 Å². The van der Waals surface area contributed by atoms with Gasteiger partial charge in [0.15, 0.2) is 0 Å². The average Bonchev–Trinajstić information content (AvgIpc) is 3.21. The smallest absolute Gasteiger partial charge is 0.321 e. The van der Waals surface area contributed by atoms with Crippen LogP contribution in [-0.4, -0.2) is 44.0 Å². The van der Waals surface area contributed by atoms with E-state index in [0.29, 0.717) is 18.8 Å². The van der Waals surface area contributed by atoms with Crippen molar-refractivity contribution >= 4 is 11.7 Å². The molecule has 1 fully saturated rings. The molecule has 0 spiro atoms. The lowest BCUT2D eigenvalue weighted by molar-refractivity contribution is 0.179. The molecule has 8 heteroatoms. The van der Waals surface area contributed by atoms with Crippen molar-refractivity contribution in [3.8, 4) is 11.3 Å². The molecule has 0 aliphatic carbocycles. The number of likely N-dealkylation sites (tertiary alicyclic amines) is 1. The van der Waals surface area contributed by atoms with Crippen LogP contribution in [0.5, 0.6) is 0 Å². The molecule has 2 aromatic heterocycles. The summed E-state index contributed by atoms with van der Waals surface area (Å²) in [4.78, 5) is 18.2. The maximum atomic E-state index is 13.0. The van der Waals surface area contributed by atoms with Crippen molar-refractivity contribution in [3.05, 3.63) is 60.8 Å². The lowest BCUT2D eigenvalue weighted by Gasteiger charge is -2.31. The van der Waals surface area contributed by atoms with E-state index in [4.69, 9.17) is 0 Å². The van der Waals surface area contributed by atoms with Crippen LogP contribution in [0.4, 0.5) is 14.9 Å². The number of amides is 2. The molecule has 1 N–H and O–H groups in total. The van der Waals surface area contributed by atoms with Gasteiger partial charge in [0.05, 0.1) is 12.2 Å². The topological polar surface area (TPSA) is 75.9 Å². The van der Waals surface area contributed by atoms with Crippen LogP contribution in [-0.2, 0) is 0 Å². The zero-order valence-electron chi connectivity index (χ0n) is 14.6. The van der Waals surface area contributed by atoms with E-state index in [1.54, 1.807) is 29.4 Å². The molecule has 0 radical (unpaired) electrons. The number of anilines is 1. The quantitative estimate of drug-likeness (QED) is 0.771. The number of rotatable bonds is 3. The molecule has 1 aliphatic rings. The fraction of sp³-hybridized carbons (Fsp3) is 0.263. The summed E-state index contributed by atoms with van der Waals surface area (Å²) in [6.07, 6.45) is 7.01. The summed E-state index contributed by atoms with van der Waals surface area (Å²) in [5.74, 6) is -0.327. The average molecular weight is 366 g/mol. The number of carbonyl (C=O) groups excluding carboxylic acids is 1. The lowest BCUT2D eigenvalue weighted by Crippen LogP contribution is -2.41. The summed E-state index contributed by atoms with van der Waals surface area (Å²) >= 11 is 0. The van der Waals surface area contributed by atoms with E-state index in [2.05, 4.69) is 20.6 Å². The van der Waals surface area contributed by atoms with Gasteiger partial charge in [-0.3, -0.25) is 4.98 Å². The highest BCUT2D eigenvalue weighted by Gasteiger charge is 2.25. The van der Waals surface area contributed by atoms with E-state index >= 15 is 0 Å². The van der Waals surface area contributed by atoms with Gasteiger partial charge in [-0.25, -0.2) is 13.9 Å². The minimum Gasteiger partial charge on any atom is -0.324 e. The summed E-state index contributed by atoms with van der Waals surface area (Å²) in [6.45, 7) is 1.25. The maximum Gasteiger partial charge on any atom is 0.321 e. The van der Waals surface area contributed by atoms with Gasteiger partial charge in [0.25, 0.3) is 0 Å². The first kappa shape index (κ1) is 17.1. The Morgan fingerprint density at radius 3 is 2.63 bits per heavy atom. The van der Waals surface area contributed by atoms with E-state index in [-0.39, 0.29) is 17.9 Å². The van der Waals surface area contributed by atoms with Crippen LogP contribution in [0, 0.1) is 5.82 Å². The number of urea groups is 1. The third kappa shape index (κ3) is 3.94. The fourth-order valence-corrected chi connectivity index (χ4v) is 3.17. The van der Waals surface area contributed by atoms with Crippen LogP contribution in [0.3, 0.4) is 0 Å². The summed E-state index contributed by atoms with van der Waals surface area (Å²) in [6, 6.07) is 9.60. The second kappa shape index (κ2) is 7.53. The summed E-state index contributed by atoms with van der Waals surface area (Å²) < 4.78 is 14.8. The third-order valence-corrected chi connectivity index (χ3v) is 4.69. The number of piperidine rings is 1. The van der Waals surface area contributed by atoms with Crippen molar-refractivity contribution in [1.82, 2.24) is 24.9 Å². The Kier molecular flexibility index (Phi) is 4.78. The van der Waals surface area contributed by atoms with E-state index in [9.17, 15) is 9.18 Å². The molecule has 0 bridgehead atoms. The SMILES string of the molecule is O=C(Nc1ccc(F)cc1)N1CCC(n2cc(-c3cccnc3)nn2)CC1. The van der Waals surface area contributed by atoms with Crippen LogP contribution in [0.15, 0.2) is 55.0 Å². The van der Waals surface area contributed by atoms with Gasteiger partial charge < -0.3 is 10.2 Å². The molecule has 4 rings (SSSR count).